The summed E-state index contributed by atoms with van der Waals surface area (Å²) in [5, 5.41) is 6.98. The highest BCUT2D eigenvalue weighted by Crippen LogP contribution is 2.22. The van der Waals surface area contributed by atoms with Crippen molar-refractivity contribution in [1.29, 1.82) is 0 Å². The molecule has 148 valence electrons. The van der Waals surface area contributed by atoms with Crippen molar-refractivity contribution in [2.45, 2.75) is 39.8 Å². The summed E-state index contributed by atoms with van der Waals surface area (Å²) in [4.78, 5) is 18.2. The molecule has 7 heteroatoms. The van der Waals surface area contributed by atoms with Crippen molar-refractivity contribution < 1.29 is 9.32 Å². The van der Waals surface area contributed by atoms with Crippen molar-refractivity contribution >= 4 is 6.03 Å². The molecule has 0 saturated carbocycles. The average molecular weight is 381 g/mol. The third kappa shape index (κ3) is 4.79. The number of urea groups is 1. The molecule has 0 radical (unpaired) electrons. The van der Waals surface area contributed by atoms with Crippen LogP contribution in [0.25, 0.3) is 0 Å². The molecule has 2 aromatic heterocycles. The molecule has 0 spiro atoms. The van der Waals surface area contributed by atoms with Gasteiger partial charge in [0.05, 0.1) is 12.0 Å². The molecule has 1 unspecified atom stereocenters. The Kier molecular flexibility index (Phi) is 6.13. The Balaban J connectivity index is 1.49. The summed E-state index contributed by atoms with van der Waals surface area (Å²) in [7, 11) is 1.80. The fourth-order valence-electron chi connectivity index (χ4n) is 3.36. The zero-order valence-electron chi connectivity index (χ0n) is 16.8. The second kappa shape index (κ2) is 8.73. The molecule has 0 aliphatic rings. The molecule has 28 heavy (non-hydrogen) atoms. The molecule has 7 nitrogen and oxygen atoms in total. The summed E-state index contributed by atoms with van der Waals surface area (Å²) in [6, 6.07) is 8.19. The summed E-state index contributed by atoms with van der Waals surface area (Å²) in [5.41, 5.74) is 4.23. The molecule has 1 aromatic carbocycles. The smallest absolute Gasteiger partial charge is 0.317 e. The van der Waals surface area contributed by atoms with Gasteiger partial charge in [-0.05, 0) is 25.0 Å². The predicted molar refractivity (Wildman–Crippen MR) is 107 cm³/mol. The van der Waals surface area contributed by atoms with Gasteiger partial charge in [-0.2, -0.15) is 0 Å². The molecular weight excluding hydrogens is 354 g/mol. The number of nitrogens with one attached hydrogen (secondary N) is 1. The van der Waals surface area contributed by atoms with Gasteiger partial charge < -0.3 is 19.3 Å². The number of aromatic nitrogens is 3. The number of imidazole rings is 1. The largest absolute Gasteiger partial charge is 0.361 e. The molecule has 1 N–H and O–H groups in total. The Morgan fingerprint density at radius 1 is 1.25 bits per heavy atom. The highest BCUT2D eigenvalue weighted by atomic mass is 16.5. The van der Waals surface area contributed by atoms with Crippen LogP contribution < -0.4 is 5.32 Å². The van der Waals surface area contributed by atoms with E-state index in [2.05, 4.69) is 46.6 Å². The first-order valence-electron chi connectivity index (χ1n) is 9.39. The Labute approximate surface area is 165 Å². The van der Waals surface area contributed by atoms with Crippen LogP contribution in [0.2, 0.25) is 0 Å². The molecule has 2 heterocycles. The Morgan fingerprint density at radius 3 is 2.57 bits per heavy atom. The second-order valence-electron chi connectivity index (χ2n) is 7.23. The number of carbonyl (C=O) groups is 1. The zero-order valence-corrected chi connectivity index (χ0v) is 16.8. The van der Waals surface area contributed by atoms with Gasteiger partial charge in [-0.3, -0.25) is 0 Å². The molecule has 1 atom stereocenters. The minimum atomic E-state index is -0.0962. The van der Waals surface area contributed by atoms with E-state index in [1.165, 1.54) is 5.56 Å². The van der Waals surface area contributed by atoms with Crippen molar-refractivity contribution in [2.75, 3.05) is 13.6 Å². The lowest BCUT2D eigenvalue weighted by molar-refractivity contribution is 0.206. The quantitative estimate of drug-likeness (QED) is 0.680. The van der Waals surface area contributed by atoms with Crippen molar-refractivity contribution in [3.8, 4) is 0 Å². The molecule has 0 aliphatic carbocycles. The van der Waals surface area contributed by atoms with Crippen molar-refractivity contribution in [2.24, 2.45) is 0 Å². The van der Waals surface area contributed by atoms with E-state index in [1.807, 2.05) is 24.6 Å². The Hall–Kier alpha value is -3.09. The monoisotopic (exact) mass is 381 g/mol. The lowest BCUT2D eigenvalue weighted by Crippen LogP contribution is -2.38. The number of aryl methyl sites for hydroxylation is 2. The maximum absolute atomic E-state index is 12.4. The summed E-state index contributed by atoms with van der Waals surface area (Å²) in [6.07, 6.45) is 5.51. The molecule has 0 bridgehead atoms. The summed E-state index contributed by atoms with van der Waals surface area (Å²) < 4.78 is 7.24. The SMILES string of the molecule is Cc1noc(C)c1C(C)CNC(=O)N(C)Cc1ccc(Cn2ccnc2)cc1. The standard InChI is InChI=1S/C21H27N5O2/c1-15(20-16(2)24-28-17(20)3)11-23-21(27)25(4)12-18-5-7-19(8-6-18)13-26-10-9-22-14-26/h5-10,14-15H,11-13H2,1-4H3,(H,23,27). The molecule has 2 amide bonds. The lowest BCUT2D eigenvalue weighted by Gasteiger charge is -2.20. The summed E-state index contributed by atoms with van der Waals surface area (Å²) >= 11 is 0. The lowest BCUT2D eigenvalue weighted by atomic mass is 10.00. The molecular formula is C21H27N5O2. The maximum Gasteiger partial charge on any atom is 0.317 e. The number of amides is 2. The van der Waals surface area contributed by atoms with Gasteiger partial charge in [0.15, 0.2) is 0 Å². The number of carbonyl (C=O) groups excluding carboxylic acids is 1. The minimum absolute atomic E-state index is 0.0962. The van der Waals surface area contributed by atoms with Gasteiger partial charge in [0, 0.05) is 50.6 Å². The van der Waals surface area contributed by atoms with Gasteiger partial charge in [-0.15, -0.1) is 0 Å². The predicted octanol–water partition coefficient (Wildman–Crippen LogP) is 3.48. The highest BCUT2D eigenvalue weighted by molar-refractivity contribution is 5.73. The van der Waals surface area contributed by atoms with Gasteiger partial charge in [0.25, 0.3) is 0 Å². The van der Waals surface area contributed by atoms with Crippen LogP contribution in [0, 0.1) is 13.8 Å². The highest BCUT2D eigenvalue weighted by Gasteiger charge is 2.18. The third-order valence-corrected chi connectivity index (χ3v) is 4.85. The number of nitrogens with zero attached hydrogens (tertiary/aromatic N) is 4. The fraction of sp³-hybridized carbons (Fsp3) is 0.381. The molecule has 0 fully saturated rings. The molecule has 3 aromatic rings. The van der Waals surface area contributed by atoms with Crippen LogP contribution in [0.1, 0.15) is 41.0 Å². The molecule has 0 saturated heterocycles. The third-order valence-electron chi connectivity index (χ3n) is 4.85. The van der Waals surface area contributed by atoms with E-state index in [0.717, 1.165) is 29.1 Å². The number of benzene rings is 1. The topological polar surface area (TPSA) is 76.2 Å². The van der Waals surface area contributed by atoms with E-state index in [1.54, 1.807) is 24.5 Å². The Morgan fingerprint density at radius 2 is 1.96 bits per heavy atom. The Bertz CT molecular complexity index is 880. The average Bonchev–Trinajstić information content (AvgIpc) is 3.30. The van der Waals surface area contributed by atoms with Gasteiger partial charge in [-0.25, -0.2) is 9.78 Å². The summed E-state index contributed by atoms with van der Waals surface area (Å²) in [5.74, 6) is 0.953. The van der Waals surface area contributed by atoms with E-state index in [9.17, 15) is 4.79 Å². The van der Waals surface area contributed by atoms with Gasteiger partial charge in [0.2, 0.25) is 0 Å². The van der Waals surface area contributed by atoms with Crippen LogP contribution in [-0.4, -0.2) is 39.2 Å². The zero-order chi connectivity index (χ0) is 20.1. The van der Waals surface area contributed by atoms with E-state index >= 15 is 0 Å². The van der Waals surface area contributed by atoms with Crippen LogP contribution in [0.3, 0.4) is 0 Å². The number of rotatable bonds is 7. The normalized spacial score (nSPS) is 12.0. The number of hydrogen-bond donors (Lipinski definition) is 1. The first-order chi connectivity index (χ1) is 13.4. The van der Waals surface area contributed by atoms with Crippen LogP contribution >= 0.6 is 0 Å². The summed E-state index contributed by atoms with van der Waals surface area (Å²) in [6.45, 7) is 7.76. The first kappa shape index (κ1) is 19.7. The van der Waals surface area contributed by atoms with E-state index in [0.29, 0.717) is 13.1 Å². The van der Waals surface area contributed by atoms with Gasteiger partial charge in [-0.1, -0.05) is 36.3 Å². The number of hydrogen-bond acceptors (Lipinski definition) is 4. The maximum atomic E-state index is 12.4. The van der Waals surface area contributed by atoms with Gasteiger partial charge >= 0.3 is 6.03 Å². The van der Waals surface area contributed by atoms with E-state index in [4.69, 9.17) is 4.52 Å². The van der Waals surface area contributed by atoms with Crippen LogP contribution in [0.4, 0.5) is 4.79 Å². The van der Waals surface area contributed by atoms with Crippen molar-refractivity contribution in [3.05, 3.63) is 71.1 Å². The first-order valence-corrected chi connectivity index (χ1v) is 9.39. The molecule has 3 rings (SSSR count). The second-order valence-corrected chi connectivity index (χ2v) is 7.23. The van der Waals surface area contributed by atoms with Crippen molar-refractivity contribution in [1.82, 2.24) is 24.9 Å². The van der Waals surface area contributed by atoms with Gasteiger partial charge in [0.1, 0.15) is 5.76 Å². The minimum Gasteiger partial charge on any atom is -0.361 e. The van der Waals surface area contributed by atoms with Crippen LogP contribution in [0.15, 0.2) is 47.5 Å². The fourth-order valence-corrected chi connectivity index (χ4v) is 3.36. The van der Waals surface area contributed by atoms with Crippen molar-refractivity contribution in [3.63, 3.8) is 0 Å². The van der Waals surface area contributed by atoms with Crippen LogP contribution in [0.5, 0.6) is 0 Å². The van der Waals surface area contributed by atoms with E-state index in [-0.39, 0.29) is 11.9 Å². The molecule has 0 aliphatic heterocycles. The van der Waals surface area contributed by atoms with E-state index < -0.39 is 0 Å². The van der Waals surface area contributed by atoms with Crippen LogP contribution in [-0.2, 0) is 13.1 Å².